The number of rotatable bonds is 6. The van der Waals surface area contributed by atoms with Crippen molar-refractivity contribution in [2.24, 2.45) is 0 Å². The van der Waals surface area contributed by atoms with Gasteiger partial charge >= 0.3 is 0 Å². The van der Waals surface area contributed by atoms with Crippen molar-refractivity contribution in [3.8, 4) is 16.3 Å². The highest BCUT2D eigenvalue weighted by Gasteiger charge is 2.11. The van der Waals surface area contributed by atoms with E-state index in [2.05, 4.69) is 10.3 Å². The first kappa shape index (κ1) is 14.5. The fourth-order valence-corrected chi connectivity index (χ4v) is 2.36. The summed E-state index contributed by atoms with van der Waals surface area (Å²) in [5.74, 6) is 0.579. The lowest BCUT2D eigenvalue weighted by Crippen LogP contribution is -2.35. The third-order valence-electron chi connectivity index (χ3n) is 2.93. The van der Waals surface area contributed by atoms with E-state index in [0.29, 0.717) is 5.75 Å². The molecule has 1 atom stereocenters. The molecule has 0 fully saturated rings. The first-order valence-corrected chi connectivity index (χ1v) is 7.49. The van der Waals surface area contributed by atoms with Gasteiger partial charge in [0.25, 0.3) is 5.91 Å². The van der Waals surface area contributed by atoms with Crippen molar-refractivity contribution in [3.63, 3.8) is 0 Å². The van der Waals surface area contributed by atoms with E-state index in [4.69, 9.17) is 4.74 Å². The average molecular weight is 290 g/mol. The number of benzene rings is 1. The maximum absolute atomic E-state index is 11.7. The number of amides is 1. The molecule has 0 aliphatic heterocycles. The second-order valence-corrected chi connectivity index (χ2v) is 5.39. The molecule has 2 aromatic rings. The lowest BCUT2D eigenvalue weighted by atomic mass is 10.2. The third-order valence-corrected chi connectivity index (χ3v) is 3.73. The lowest BCUT2D eigenvalue weighted by Gasteiger charge is -2.13. The van der Waals surface area contributed by atoms with Crippen LogP contribution in [0.15, 0.2) is 35.8 Å². The molecule has 20 heavy (non-hydrogen) atoms. The monoisotopic (exact) mass is 290 g/mol. The smallest absolute Gasteiger partial charge is 0.258 e. The van der Waals surface area contributed by atoms with Gasteiger partial charge in [-0.05, 0) is 25.5 Å². The average Bonchev–Trinajstić information content (AvgIpc) is 2.99. The van der Waals surface area contributed by atoms with Gasteiger partial charge in [0.1, 0.15) is 10.8 Å². The van der Waals surface area contributed by atoms with Crippen molar-refractivity contribution in [2.75, 3.05) is 6.61 Å². The molecular weight excluding hydrogens is 272 g/mol. The summed E-state index contributed by atoms with van der Waals surface area (Å²) in [5.41, 5.74) is 0.916. The van der Waals surface area contributed by atoms with E-state index in [1.165, 1.54) is 0 Å². The summed E-state index contributed by atoms with van der Waals surface area (Å²) < 4.78 is 5.62. The molecule has 0 unspecified atom stereocenters. The molecular formula is C15H18N2O2S. The van der Waals surface area contributed by atoms with Gasteiger partial charge in [0.2, 0.25) is 0 Å². The first-order valence-electron chi connectivity index (χ1n) is 6.61. The molecule has 1 aromatic carbocycles. The van der Waals surface area contributed by atoms with Gasteiger partial charge in [-0.3, -0.25) is 4.79 Å². The van der Waals surface area contributed by atoms with Gasteiger partial charge in [-0.15, -0.1) is 11.3 Å². The van der Waals surface area contributed by atoms with E-state index in [9.17, 15) is 4.79 Å². The Hall–Kier alpha value is -1.88. The number of nitrogens with one attached hydrogen (secondary N) is 1. The number of para-hydroxylation sites is 1. The molecule has 0 radical (unpaired) electrons. The molecule has 1 aromatic heterocycles. The van der Waals surface area contributed by atoms with Crippen LogP contribution in [0, 0.1) is 0 Å². The van der Waals surface area contributed by atoms with E-state index in [0.717, 1.165) is 17.0 Å². The molecule has 0 bridgehead atoms. The minimum Gasteiger partial charge on any atom is -0.483 e. The van der Waals surface area contributed by atoms with Gasteiger partial charge in [-0.25, -0.2) is 4.98 Å². The van der Waals surface area contributed by atoms with Crippen molar-refractivity contribution in [3.05, 3.63) is 35.8 Å². The van der Waals surface area contributed by atoms with Crippen molar-refractivity contribution in [2.45, 2.75) is 26.3 Å². The maximum Gasteiger partial charge on any atom is 0.258 e. The van der Waals surface area contributed by atoms with Gasteiger partial charge in [0.15, 0.2) is 6.61 Å². The summed E-state index contributed by atoms with van der Waals surface area (Å²) in [4.78, 5) is 16.0. The van der Waals surface area contributed by atoms with Gasteiger partial charge in [0.05, 0.1) is 5.56 Å². The molecule has 0 aliphatic rings. The number of thiazole rings is 1. The quantitative estimate of drug-likeness (QED) is 0.889. The molecule has 106 valence electrons. The first-order chi connectivity index (χ1) is 9.70. The Morgan fingerprint density at radius 2 is 2.25 bits per heavy atom. The number of carbonyl (C=O) groups is 1. The predicted molar refractivity (Wildman–Crippen MR) is 80.9 cm³/mol. The molecule has 1 N–H and O–H groups in total. The molecule has 2 rings (SSSR count). The molecule has 0 saturated carbocycles. The fourth-order valence-electron chi connectivity index (χ4n) is 1.69. The van der Waals surface area contributed by atoms with Crippen LogP contribution in [0.1, 0.15) is 20.3 Å². The fraction of sp³-hybridized carbons (Fsp3) is 0.333. The Morgan fingerprint density at radius 3 is 2.95 bits per heavy atom. The van der Waals surface area contributed by atoms with E-state index in [-0.39, 0.29) is 18.6 Å². The minimum absolute atomic E-state index is 0.0206. The van der Waals surface area contributed by atoms with Crippen LogP contribution in [-0.2, 0) is 4.79 Å². The van der Waals surface area contributed by atoms with Gasteiger partial charge < -0.3 is 10.1 Å². The molecule has 1 heterocycles. The highest BCUT2D eigenvalue weighted by molar-refractivity contribution is 7.13. The van der Waals surface area contributed by atoms with Crippen LogP contribution in [-0.4, -0.2) is 23.5 Å². The van der Waals surface area contributed by atoms with Crippen LogP contribution in [0.5, 0.6) is 5.75 Å². The number of hydrogen-bond acceptors (Lipinski definition) is 4. The van der Waals surface area contributed by atoms with E-state index in [1.54, 1.807) is 17.5 Å². The zero-order valence-corrected chi connectivity index (χ0v) is 12.4. The van der Waals surface area contributed by atoms with Gasteiger partial charge in [-0.1, -0.05) is 19.1 Å². The number of ether oxygens (including phenoxy) is 1. The second kappa shape index (κ2) is 7.05. The summed E-state index contributed by atoms with van der Waals surface area (Å²) in [6.45, 7) is 4.03. The van der Waals surface area contributed by atoms with E-state index < -0.39 is 0 Å². The Bertz CT molecular complexity index is 555. The standard InChI is InChI=1S/C15H18N2O2S/c1-3-11(2)17-14(18)10-19-13-7-5-4-6-12(13)15-16-8-9-20-15/h4-9,11H,3,10H2,1-2H3,(H,17,18)/t11-/m1/s1. The summed E-state index contributed by atoms with van der Waals surface area (Å²) in [5, 5.41) is 5.69. The molecule has 0 saturated heterocycles. The lowest BCUT2D eigenvalue weighted by molar-refractivity contribution is -0.123. The topological polar surface area (TPSA) is 51.2 Å². The number of aromatic nitrogens is 1. The Kier molecular flexibility index (Phi) is 5.12. The van der Waals surface area contributed by atoms with Crippen LogP contribution in [0.25, 0.3) is 10.6 Å². The molecule has 4 nitrogen and oxygen atoms in total. The zero-order chi connectivity index (χ0) is 14.4. The zero-order valence-electron chi connectivity index (χ0n) is 11.6. The molecule has 1 amide bonds. The van der Waals surface area contributed by atoms with Crippen LogP contribution >= 0.6 is 11.3 Å². The van der Waals surface area contributed by atoms with Crippen molar-refractivity contribution in [1.82, 2.24) is 10.3 Å². The highest BCUT2D eigenvalue weighted by atomic mass is 32.1. The highest BCUT2D eigenvalue weighted by Crippen LogP contribution is 2.30. The van der Waals surface area contributed by atoms with Crippen LogP contribution in [0.3, 0.4) is 0 Å². The summed E-state index contributed by atoms with van der Waals surface area (Å²) >= 11 is 1.55. The van der Waals surface area contributed by atoms with Crippen molar-refractivity contribution < 1.29 is 9.53 Å². The van der Waals surface area contributed by atoms with Crippen LogP contribution in [0.2, 0.25) is 0 Å². The van der Waals surface area contributed by atoms with Crippen LogP contribution < -0.4 is 10.1 Å². The number of hydrogen-bond donors (Lipinski definition) is 1. The largest absolute Gasteiger partial charge is 0.483 e. The maximum atomic E-state index is 11.7. The predicted octanol–water partition coefficient (Wildman–Crippen LogP) is 3.10. The number of carbonyl (C=O) groups excluding carboxylic acids is 1. The second-order valence-electron chi connectivity index (χ2n) is 4.50. The summed E-state index contributed by atoms with van der Waals surface area (Å²) in [7, 11) is 0. The Balaban J connectivity index is 2.02. The van der Waals surface area contributed by atoms with Crippen LogP contribution in [0.4, 0.5) is 0 Å². The van der Waals surface area contributed by atoms with Gasteiger partial charge in [0, 0.05) is 17.6 Å². The molecule has 0 aliphatic carbocycles. The summed E-state index contributed by atoms with van der Waals surface area (Å²) in [6, 6.07) is 7.79. The Morgan fingerprint density at radius 1 is 1.45 bits per heavy atom. The van der Waals surface area contributed by atoms with Gasteiger partial charge in [-0.2, -0.15) is 0 Å². The normalized spacial score (nSPS) is 11.9. The summed E-state index contributed by atoms with van der Waals surface area (Å²) in [6.07, 6.45) is 2.66. The molecule has 0 spiro atoms. The van der Waals surface area contributed by atoms with Crippen molar-refractivity contribution in [1.29, 1.82) is 0 Å². The van der Waals surface area contributed by atoms with Crippen molar-refractivity contribution >= 4 is 17.2 Å². The SMILES string of the molecule is CC[C@@H](C)NC(=O)COc1ccccc1-c1nccs1. The Labute approximate surface area is 122 Å². The molecule has 5 heteroatoms. The number of nitrogens with zero attached hydrogens (tertiary/aromatic N) is 1. The van der Waals surface area contributed by atoms with E-state index in [1.807, 2.05) is 43.5 Å². The minimum atomic E-state index is -0.103. The third kappa shape index (κ3) is 3.81. The van der Waals surface area contributed by atoms with E-state index >= 15 is 0 Å².